The maximum Gasteiger partial charge on any atom is 0.238 e. The number of hydrogen-bond donors (Lipinski definition) is 2. The molecule has 2 heterocycles. The third-order valence-electron chi connectivity index (χ3n) is 5.53. The smallest absolute Gasteiger partial charge is 0.238 e. The van der Waals surface area contributed by atoms with E-state index in [4.69, 9.17) is 5.14 Å². The first-order valence-electron chi connectivity index (χ1n) is 9.85. The summed E-state index contributed by atoms with van der Waals surface area (Å²) in [5.74, 6) is -0.137. The van der Waals surface area contributed by atoms with Gasteiger partial charge in [-0.3, -0.25) is 9.78 Å². The van der Waals surface area contributed by atoms with E-state index in [9.17, 15) is 13.2 Å². The first kappa shape index (κ1) is 20.3. The van der Waals surface area contributed by atoms with E-state index in [1.54, 1.807) is 12.1 Å². The van der Waals surface area contributed by atoms with Gasteiger partial charge in [0.05, 0.1) is 10.4 Å². The van der Waals surface area contributed by atoms with E-state index < -0.39 is 10.0 Å². The van der Waals surface area contributed by atoms with Gasteiger partial charge in [0.1, 0.15) is 0 Å². The number of nitrogens with one attached hydrogen (secondary N) is 1. The van der Waals surface area contributed by atoms with E-state index in [1.165, 1.54) is 17.7 Å². The number of primary sulfonamides is 1. The molecule has 0 atom stereocenters. The number of nitrogens with two attached hydrogens (primary N) is 1. The molecule has 3 aromatic rings. The molecule has 1 fully saturated rings. The normalized spacial score (nSPS) is 15.3. The van der Waals surface area contributed by atoms with Crippen LogP contribution in [0.2, 0.25) is 0 Å². The van der Waals surface area contributed by atoms with Crippen LogP contribution < -0.4 is 15.4 Å². The maximum absolute atomic E-state index is 12.7. The van der Waals surface area contributed by atoms with Gasteiger partial charge in [0, 0.05) is 42.0 Å². The van der Waals surface area contributed by atoms with Gasteiger partial charge in [0.25, 0.3) is 0 Å². The number of anilines is 2. The molecule has 1 amide bonds. The lowest BCUT2D eigenvalue weighted by Gasteiger charge is -2.33. The summed E-state index contributed by atoms with van der Waals surface area (Å²) in [5, 5.41) is 9.12. The van der Waals surface area contributed by atoms with Crippen molar-refractivity contribution in [2.24, 2.45) is 11.1 Å². The zero-order chi connectivity index (χ0) is 21.3. The Balaban J connectivity index is 1.41. The number of pyridine rings is 1. The first-order chi connectivity index (χ1) is 14.3. The van der Waals surface area contributed by atoms with E-state index in [1.807, 2.05) is 18.3 Å². The summed E-state index contributed by atoms with van der Waals surface area (Å²) in [6.07, 6.45) is 3.32. The summed E-state index contributed by atoms with van der Waals surface area (Å²) in [4.78, 5) is 19.5. The molecule has 7 nitrogen and oxygen atoms in total. The Morgan fingerprint density at radius 2 is 1.80 bits per heavy atom. The standard InChI is InChI=1S/C22H24N4O3S/c1-15-2-7-20-19(14-15)21(8-11-24-20)26-12-9-16(10-13-26)22(27)25-17-3-5-18(6-4-17)30(23,28)29/h2-8,11,14,16H,9-10,12-13H2,1H3,(H,25,27)(H2,23,28,29). The van der Waals surface area contributed by atoms with Crippen molar-refractivity contribution in [3.05, 3.63) is 60.3 Å². The highest BCUT2D eigenvalue weighted by molar-refractivity contribution is 7.89. The number of aromatic nitrogens is 1. The van der Waals surface area contributed by atoms with E-state index in [2.05, 4.69) is 34.3 Å². The fraction of sp³-hybridized carbons (Fsp3) is 0.273. The second kappa shape index (κ2) is 8.04. The Kier molecular flexibility index (Phi) is 5.44. The lowest BCUT2D eigenvalue weighted by atomic mass is 9.95. The minimum absolute atomic E-state index is 0.0219. The molecule has 1 aliphatic rings. The van der Waals surface area contributed by atoms with Crippen LogP contribution in [0.25, 0.3) is 10.9 Å². The summed E-state index contributed by atoms with van der Waals surface area (Å²) in [6.45, 7) is 3.65. The molecule has 1 aromatic heterocycles. The molecule has 0 unspecified atom stereocenters. The number of carbonyl (C=O) groups excluding carboxylic acids is 1. The number of benzene rings is 2. The number of nitrogens with zero attached hydrogens (tertiary/aromatic N) is 2. The third kappa shape index (κ3) is 4.29. The van der Waals surface area contributed by atoms with Gasteiger partial charge in [0.15, 0.2) is 0 Å². The minimum Gasteiger partial charge on any atom is -0.371 e. The second-order valence-electron chi connectivity index (χ2n) is 7.67. The van der Waals surface area contributed by atoms with E-state index in [0.29, 0.717) is 5.69 Å². The lowest BCUT2D eigenvalue weighted by molar-refractivity contribution is -0.120. The van der Waals surface area contributed by atoms with Gasteiger partial charge in [-0.1, -0.05) is 11.6 Å². The number of fused-ring (bicyclic) bond motifs is 1. The zero-order valence-corrected chi connectivity index (χ0v) is 17.5. The summed E-state index contributed by atoms with van der Waals surface area (Å²) >= 11 is 0. The van der Waals surface area contributed by atoms with E-state index in [-0.39, 0.29) is 16.7 Å². The van der Waals surface area contributed by atoms with Gasteiger partial charge in [-0.2, -0.15) is 0 Å². The number of carbonyl (C=O) groups is 1. The van der Waals surface area contributed by atoms with Gasteiger partial charge in [0.2, 0.25) is 15.9 Å². The van der Waals surface area contributed by atoms with Crippen LogP contribution in [0.15, 0.2) is 59.6 Å². The van der Waals surface area contributed by atoms with Crippen LogP contribution >= 0.6 is 0 Å². The molecule has 30 heavy (non-hydrogen) atoms. The van der Waals surface area contributed by atoms with Crippen LogP contribution in [0.4, 0.5) is 11.4 Å². The Labute approximate surface area is 176 Å². The second-order valence-corrected chi connectivity index (χ2v) is 9.23. The van der Waals surface area contributed by atoms with Crippen molar-refractivity contribution in [2.75, 3.05) is 23.3 Å². The molecular weight excluding hydrogens is 400 g/mol. The minimum atomic E-state index is -3.74. The van der Waals surface area contributed by atoms with Crippen molar-refractivity contribution in [1.29, 1.82) is 0 Å². The van der Waals surface area contributed by atoms with Gasteiger partial charge < -0.3 is 10.2 Å². The van der Waals surface area contributed by atoms with Crippen molar-refractivity contribution < 1.29 is 13.2 Å². The first-order valence-corrected chi connectivity index (χ1v) is 11.4. The quantitative estimate of drug-likeness (QED) is 0.670. The molecule has 0 spiro atoms. The Morgan fingerprint density at radius 1 is 1.10 bits per heavy atom. The van der Waals surface area contributed by atoms with Crippen molar-refractivity contribution in [1.82, 2.24) is 4.98 Å². The number of amides is 1. The molecule has 8 heteroatoms. The molecule has 156 valence electrons. The number of sulfonamides is 1. The molecule has 0 saturated carbocycles. The summed E-state index contributed by atoms with van der Waals surface area (Å²) in [6, 6.07) is 14.2. The molecule has 1 aliphatic heterocycles. The van der Waals surface area contributed by atoms with Gasteiger partial charge in [-0.15, -0.1) is 0 Å². The summed E-state index contributed by atoms with van der Waals surface area (Å²) in [7, 11) is -3.74. The molecule has 0 radical (unpaired) electrons. The van der Waals surface area contributed by atoms with Crippen LogP contribution in [-0.4, -0.2) is 32.4 Å². The number of aryl methyl sites for hydroxylation is 1. The average Bonchev–Trinajstić information content (AvgIpc) is 2.73. The highest BCUT2D eigenvalue weighted by atomic mass is 32.2. The zero-order valence-electron chi connectivity index (χ0n) is 16.7. The van der Waals surface area contributed by atoms with Crippen molar-refractivity contribution in [2.45, 2.75) is 24.7 Å². The van der Waals surface area contributed by atoms with Crippen LogP contribution in [-0.2, 0) is 14.8 Å². The van der Waals surface area contributed by atoms with Crippen molar-refractivity contribution >= 4 is 38.2 Å². The number of rotatable bonds is 4. The highest BCUT2D eigenvalue weighted by Gasteiger charge is 2.26. The monoisotopic (exact) mass is 424 g/mol. The largest absolute Gasteiger partial charge is 0.371 e. The maximum atomic E-state index is 12.7. The fourth-order valence-corrected chi connectivity index (χ4v) is 4.39. The van der Waals surface area contributed by atoms with Crippen molar-refractivity contribution in [3.63, 3.8) is 0 Å². The SMILES string of the molecule is Cc1ccc2nccc(N3CCC(C(=O)Nc4ccc(S(N)(=O)=O)cc4)CC3)c2c1. The number of hydrogen-bond acceptors (Lipinski definition) is 5. The molecule has 0 bridgehead atoms. The lowest BCUT2D eigenvalue weighted by Crippen LogP contribution is -2.38. The Hall–Kier alpha value is -2.97. The predicted molar refractivity (Wildman–Crippen MR) is 118 cm³/mol. The molecule has 4 rings (SSSR count). The van der Waals surface area contributed by atoms with Crippen LogP contribution in [0.1, 0.15) is 18.4 Å². The molecule has 1 saturated heterocycles. The summed E-state index contributed by atoms with van der Waals surface area (Å²) < 4.78 is 22.7. The molecule has 3 N–H and O–H groups in total. The van der Waals surface area contributed by atoms with Crippen LogP contribution in [0.5, 0.6) is 0 Å². The van der Waals surface area contributed by atoms with E-state index >= 15 is 0 Å². The van der Waals surface area contributed by atoms with Crippen molar-refractivity contribution in [3.8, 4) is 0 Å². The molecular formula is C22H24N4O3S. The highest BCUT2D eigenvalue weighted by Crippen LogP contribution is 2.30. The third-order valence-corrected chi connectivity index (χ3v) is 6.46. The van der Waals surface area contributed by atoms with Gasteiger partial charge in [-0.25, -0.2) is 13.6 Å². The predicted octanol–water partition coefficient (Wildman–Crippen LogP) is 3.05. The number of piperidine rings is 1. The molecule has 0 aliphatic carbocycles. The Bertz CT molecular complexity index is 1180. The van der Waals surface area contributed by atoms with E-state index in [0.717, 1.165) is 42.5 Å². The summed E-state index contributed by atoms with van der Waals surface area (Å²) in [5.41, 5.74) is 3.88. The topological polar surface area (TPSA) is 105 Å². The van der Waals surface area contributed by atoms with Gasteiger partial charge >= 0.3 is 0 Å². The van der Waals surface area contributed by atoms with Crippen LogP contribution in [0, 0.1) is 12.8 Å². The Morgan fingerprint density at radius 3 is 2.47 bits per heavy atom. The fourth-order valence-electron chi connectivity index (χ4n) is 3.88. The molecule has 2 aromatic carbocycles. The van der Waals surface area contributed by atoms with Gasteiger partial charge in [-0.05, 0) is 62.2 Å². The van der Waals surface area contributed by atoms with Crippen LogP contribution in [0.3, 0.4) is 0 Å². The average molecular weight is 425 g/mol.